The molecule has 2 N–H and O–H groups in total. The molecular weight excluding hydrogens is 283 g/mol. The molecule has 5 heteroatoms. The van der Waals surface area contributed by atoms with Crippen LogP contribution in [0.2, 0.25) is 10.3 Å². The zero-order valence-corrected chi connectivity index (χ0v) is 13.5. The highest BCUT2D eigenvalue weighted by molar-refractivity contribution is 6.35. The van der Waals surface area contributed by atoms with E-state index in [0.29, 0.717) is 16.6 Å². The number of hydrogen-bond donors (Lipinski definition) is 1. The zero-order valence-electron chi connectivity index (χ0n) is 12.0. The minimum Gasteiger partial charge on any atom is -0.485 e. The fourth-order valence-corrected chi connectivity index (χ4v) is 2.23. The van der Waals surface area contributed by atoms with Crippen LogP contribution in [0.25, 0.3) is 0 Å². The molecule has 1 rings (SSSR count). The summed E-state index contributed by atoms with van der Waals surface area (Å²) in [7, 11) is 0. The van der Waals surface area contributed by atoms with Crippen molar-refractivity contribution >= 4 is 28.9 Å². The standard InChI is InChI=1S/C14H22Cl2N2O/c1-5-6-7-8-9-11(19-14(2,3)4)10(17)13(16)18-12(9)15/h5-8,17H2,1-4H3. The Morgan fingerprint density at radius 2 is 1.79 bits per heavy atom. The molecule has 108 valence electrons. The lowest BCUT2D eigenvalue weighted by Gasteiger charge is -2.25. The highest BCUT2D eigenvalue weighted by atomic mass is 35.5. The van der Waals surface area contributed by atoms with Gasteiger partial charge in [-0.25, -0.2) is 4.98 Å². The van der Waals surface area contributed by atoms with E-state index in [1.165, 1.54) is 0 Å². The molecular formula is C14H22Cl2N2O. The van der Waals surface area contributed by atoms with Crippen LogP contribution >= 0.6 is 23.2 Å². The molecule has 1 aromatic heterocycles. The molecule has 0 saturated carbocycles. The minimum atomic E-state index is -0.359. The van der Waals surface area contributed by atoms with Crippen LogP contribution in [0, 0.1) is 0 Å². The SMILES string of the molecule is CCCCCc1c(Cl)nc(Cl)c(N)c1OC(C)(C)C. The quantitative estimate of drug-likeness (QED) is 0.623. The molecule has 1 aromatic rings. The number of unbranched alkanes of at least 4 members (excludes halogenated alkanes) is 2. The van der Waals surface area contributed by atoms with Gasteiger partial charge in [-0.3, -0.25) is 0 Å². The maximum absolute atomic E-state index is 6.18. The van der Waals surface area contributed by atoms with Gasteiger partial charge in [0.15, 0.2) is 10.9 Å². The number of nitrogens with two attached hydrogens (primary N) is 1. The Morgan fingerprint density at radius 3 is 2.32 bits per heavy atom. The van der Waals surface area contributed by atoms with E-state index in [0.717, 1.165) is 31.2 Å². The Bertz CT molecular complexity index is 442. The Morgan fingerprint density at radius 1 is 1.16 bits per heavy atom. The first-order chi connectivity index (χ1) is 8.76. The number of aromatic nitrogens is 1. The molecule has 0 radical (unpaired) electrons. The molecule has 0 amide bonds. The Balaban J connectivity index is 3.14. The Labute approximate surface area is 125 Å². The van der Waals surface area contributed by atoms with Crippen molar-refractivity contribution < 1.29 is 4.74 Å². The molecule has 0 spiro atoms. The van der Waals surface area contributed by atoms with E-state index in [1.54, 1.807) is 0 Å². The number of hydrogen-bond acceptors (Lipinski definition) is 3. The number of pyridine rings is 1. The first-order valence-electron chi connectivity index (χ1n) is 6.58. The number of anilines is 1. The van der Waals surface area contributed by atoms with Gasteiger partial charge in [-0.1, -0.05) is 43.0 Å². The number of nitrogens with zero attached hydrogens (tertiary/aromatic N) is 1. The van der Waals surface area contributed by atoms with Gasteiger partial charge in [0.05, 0.1) is 0 Å². The fourth-order valence-electron chi connectivity index (χ4n) is 1.76. The van der Waals surface area contributed by atoms with Crippen molar-refractivity contribution in [2.45, 2.75) is 59.0 Å². The minimum absolute atomic E-state index is 0.198. The number of rotatable bonds is 5. The van der Waals surface area contributed by atoms with Crippen LogP contribution in [0.1, 0.15) is 52.5 Å². The van der Waals surface area contributed by atoms with Crippen LogP contribution in [0.5, 0.6) is 5.75 Å². The third-order valence-corrected chi connectivity index (χ3v) is 3.23. The van der Waals surface area contributed by atoms with Crippen molar-refractivity contribution in [3.8, 4) is 5.75 Å². The summed E-state index contributed by atoms with van der Waals surface area (Å²) in [6.45, 7) is 8.04. The molecule has 3 nitrogen and oxygen atoms in total. The van der Waals surface area contributed by atoms with Crippen molar-refractivity contribution in [1.29, 1.82) is 0 Å². The number of halogens is 2. The smallest absolute Gasteiger partial charge is 0.157 e. The number of ether oxygens (including phenoxy) is 1. The van der Waals surface area contributed by atoms with E-state index < -0.39 is 0 Å². The van der Waals surface area contributed by atoms with Crippen LogP contribution in [-0.4, -0.2) is 10.6 Å². The second-order valence-electron chi connectivity index (χ2n) is 5.59. The van der Waals surface area contributed by atoms with E-state index in [1.807, 2.05) is 20.8 Å². The maximum Gasteiger partial charge on any atom is 0.157 e. The van der Waals surface area contributed by atoms with Crippen LogP contribution in [0.4, 0.5) is 5.69 Å². The van der Waals surface area contributed by atoms with E-state index in [-0.39, 0.29) is 10.8 Å². The van der Waals surface area contributed by atoms with E-state index >= 15 is 0 Å². The van der Waals surface area contributed by atoms with Gasteiger partial charge in [-0.2, -0.15) is 0 Å². The fraction of sp³-hybridized carbons (Fsp3) is 0.643. The third-order valence-electron chi connectivity index (χ3n) is 2.62. The molecule has 19 heavy (non-hydrogen) atoms. The average Bonchev–Trinajstić information content (AvgIpc) is 2.28. The van der Waals surface area contributed by atoms with Crippen molar-refractivity contribution in [3.05, 3.63) is 15.9 Å². The van der Waals surface area contributed by atoms with Gasteiger partial charge in [0.2, 0.25) is 0 Å². The monoisotopic (exact) mass is 304 g/mol. The molecule has 0 aliphatic rings. The lowest BCUT2D eigenvalue weighted by atomic mass is 10.1. The largest absolute Gasteiger partial charge is 0.485 e. The highest BCUT2D eigenvalue weighted by Crippen LogP contribution is 2.38. The molecule has 0 atom stereocenters. The predicted molar refractivity (Wildman–Crippen MR) is 82.3 cm³/mol. The molecule has 1 heterocycles. The molecule has 0 fully saturated rings. The highest BCUT2D eigenvalue weighted by Gasteiger charge is 2.22. The second kappa shape index (κ2) is 6.67. The molecule has 0 aliphatic heterocycles. The molecule has 0 unspecified atom stereocenters. The van der Waals surface area contributed by atoms with Gasteiger partial charge in [0.25, 0.3) is 0 Å². The van der Waals surface area contributed by atoms with Gasteiger partial charge in [-0.15, -0.1) is 0 Å². The first-order valence-corrected chi connectivity index (χ1v) is 7.34. The number of nitrogen functional groups attached to an aromatic ring is 1. The third kappa shape index (κ3) is 4.73. The Kier molecular flexibility index (Phi) is 5.75. The first kappa shape index (κ1) is 16.4. The van der Waals surface area contributed by atoms with E-state index in [4.69, 9.17) is 33.7 Å². The van der Waals surface area contributed by atoms with Gasteiger partial charge >= 0.3 is 0 Å². The van der Waals surface area contributed by atoms with Crippen LogP contribution in [-0.2, 0) is 6.42 Å². The van der Waals surface area contributed by atoms with Gasteiger partial charge in [0, 0.05) is 5.56 Å². The summed E-state index contributed by atoms with van der Waals surface area (Å²) in [5, 5.41) is 0.582. The van der Waals surface area contributed by atoms with E-state index in [9.17, 15) is 0 Å². The molecule has 0 aromatic carbocycles. The summed E-state index contributed by atoms with van der Waals surface area (Å²) in [5.41, 5.74) is 6.85. The van der Waals surface area contributed by atoms with Crippen LogP contribution < -0.4 is 10.5 Å². The van der Waals surface area contributed by atoms with Gasteiger partial charge in [-0.05, 0) is 33.6 Å². The van der Waals surface area contributed by atoms with Crippen molar-refractivity contribution in [2.75, 3.05) is 5.73 Å². The van der Waals surface area contributed by atoms with Crippen LogP contribution in [0.15, 0.2) is 0 Å². The zero-order chi connectivity index (χ0) is 14.6. The summed E-state index contributed by atoms with van der Waals surface area (Å²) in [6.07, 6.45) is 4.10. The van der Waals surface area contributed by atoms with Crippen molar-refractivity contribution in [1.82, 2.24) is 4.98 Å². The van der Waals surface area contributed by atoms with Crippen molar-refractivity contribution in [3.63, 3.8) is 0 Å². The predicted octanol–water partition coefficient (Wildman–Crippen LogP) is 4.88. The lowest BCUT2D eigenvalue weighted by molar-refractivity contribution is 0.130. The van der Waals surface area contributed by atoms with Crippen LogP contribution in [0.3, 0.4) is 0 Å². The summed E-state index contributed by atoms with van der Waals surface area (Å²) < 4.78 is 5.92. The molecule has 0 saturated heterocycles. The van der Waals surface area contributed by atoms with Gasteiger partial charge < -0.3 is 10.5 Å². The summed E-state index contributed by atoms with van der Waals surface area (Å²) in [5.74, 6) is 0.577. The Hall–Kier alpha value is -0.670. The normalized spacial score (nSPS) is 11.7. The molecule has 0 bridgehead atoms. The second-order valence-corrected chi connectivity index (χ2v) is 6.30. The molecule has 0 aliphatic carbocycles. The van der Waals surface area contributed by atoms with Crippen molar-refractivity contribution in [2.24, 2.45) is 0 Å². The maximum atomic E-state index is 6.18. The van der Waals surface area contributed by atoms with E-state index in [2.05, 4.69) is 11.9 Å². The lowest BCUT2D eigenvalue weighted by Crippen LogP contribution is -2.24. The average molecular weight is 305 g/mol. The van der Waals surface area contributed by atoms with Gasteiger partial charge in [0.1, 0.15) is 16.4 Å². The summed E-state index contributed by atoms with van der Waals surface area (Å²) in [6, 6.07) is 0. The summed E-state index contributed by atoms with van der Waals surface area (Å²) >= 11 is 12.2. The summed E-state index contributed by atoms with van der Waals surface area (Å²) in [4.78, 5) is 4.07. The topological polar surface area (TPSA) is 48.1 Å².